The summed E-state index contributed by atoms with van der Waals surface area (Å²) in [6.07, 6.45) is 2.06. The molecule has 0 aromatic heterocycles. The number of likely N-dealkylation sites (N-methyl/N-ethyl adjacent to an activating group) is 1. The van der Waals surface area contributed by atoms with Crippen LogP contribution in [-0.4, -0.2) is 99.2 Å². The highest BCUT2D eigenvalue weighted by Crippen LogP contribution is 2.30. The van der Waals surface area contributed by atoms with Gasteiger partial charge in [0.25, 0.3) is 0 Å². The lowest BCUT2D eigenvalue weighted by atomic mass is 10.3. The third kappa shape index (κ3) is 14.6. The van der Waals surface area contributed by atoms with Gasteiger partial charge in [-0.1, -0.05) is 36.4 Å². The van der Waals surface area contributed by atoms with Gasteiger partial charge >= 0.3 is 20.6 Å². The van der Waals surface area contributed by atoms with E-state index in [9.17, 15) is 9.59 Å². The fraction of sp³-hybridized carbons (Fsp3) is 0.576. The normalized spacial score (nSPS) is 18.0. The average Bonchev–Trinajstić information content (AvgIpc) is 3.61. The van der Waals surface area contributed by atoms with E-state index in [0.29, 0.717) is 26.2 Å². The number of rotatable bonds is 20. The first-order chi connectivity index (χ1) is 22.1. The third-order valence-electron chi connectivity index (χ3n) is 8.28. The van der Waals surface area contributed by atoms with Crippen LogP contribution in [0.15, 0.2) is 60.7 Å². The van der Waals surface area contributed by atoms with E-state index in [4.69, 9.17) is 13.1 Å². The van der Waals surface area contributed by atoms with Gasteiger partial charge in [0.15, 0.2) is 23.2 Å². The molecule has 1 heterocycles. The summed E-state index contributed by atoms with van der Waals surface area (Å²) in [5.74, 6) is 0. The summed E-state index contributed by atoms with van der Waals surface area (Å²) in [7, 11) is -4.19. The van der Waals surface area contributed by atoms with Gasteiger partial charge in [-0.3, -0.25) is 9.80 Å². The Morgan fingerprint density at radius 2 is 1.38 bits per heavy atom. The smallest absolute Gasteiger partial charge is 0.323 e. The zero-order valence-corrected chi connectivity index (χ0v) is 32.9. The van der Waals surface area contributed by atoms with E-state index in [1.165, 1.54) is 0 Å². The number of quaternary nitrogens is 1. The first-order valence-corrected chi connectivity index (χ1v) is 26.0. The van der Waals surface area contributed by atoms with Gasteiger partial charge in [0.1, 0.15) is 0 Å². The predicted octanol–water partition coefficient (Wildman–Crippen LogP) is 6.60. The predicted molar refractivity (Wildman–Crippen MR) is 198 cm³/mol. The minimum atomic E-state index is -2.37. The van der Waals surface area contributed by atoms with Crippen LogP contribution >= 0.6 is 0 Å². The molecule has 3 rings (SSSR count). The number of nitrogens with zero attached hydrogens (tertiary/aromatic N) is 2. The molecule has 0 radical (unpaired) electrons. The highest BCUT2D eigenvalue weighted by atomic mass is 28.5. The Bertz CT molecular complexity index is 1260. The lowest BCUT2D eigenvalue weighted by Gasteiger charge is -2.39. The molecular weight excluding hydrogens is 645 g/mol. The van der Waals surface area contributed by atoms with Crippen LogP contribution in [0.1, 0.15) is 19.8 Å². The molecule has 262 valence electrons. The van der Waals surface area contributed by atoms with Crippen molar-refractivity contribution in [2.75, 3.05) is 57.0 Å². The van der Waals surface area contributed by atoms with E-state index in [1.807, 2.05) is 72.5 Å². The quantitative estimate of drug-likeness (QED) is 0.0407. The van der Waals surface area contributed by atoms with Gasteiger partial charge in [0, 0.05) is 31.0 Å². The highest BCUT2D eigenvalue weighted by Gasteiger charge is 2.52. The fourth-order valence-corrected chi connectivity index (χ4v) is 20.1. The summed E-state index contributed by atoms with van der Waals surface area (Å²) in [5.41, 5.74) is 4.50. The van der Waals surface area contributed by atoms with E-state index in [1.54, 1.807) is 0 Å². The van der Waals surface area contributed by atoms with Gasteiger partial charge in [-0.25, -0.2) is 15.1 Å². The molecule has 2 unspecified atom stereocenters. The van der Waals surface area contributed by atoms with Crippen LogP contribution in [0, 0.1) is 0 Å². The van der Waals surface area contributed by atoms with Crippen LogP contribution in [0.5, 0.6) is 0 Å². The van der Waals surface area contributed by atoms with Crippen molar-refractivity contribution in [2.24, 2.45) is 0 Å². The van der Waals surface area contributed by atoms with Crippen LogP contribution < -0.4 is 21.4 Å². The SMILES string of the molecule is CCONCCN(CCC[Si](C)(C)O[Si](C)(C)O[Si](C)(C)CCC[N+]1(C)CC1NC(=O)Nc1ccccc1)C(=O)Nc1ccccc1. The van der Waals surface area contributed by atoms with E-state index in [-0.39, 0.29) is 18.2 Å². The van der Waals surface area contributed by atoms with Gasteiger partial charge in [-0.2, -0.15) is 0 Å². The lowest BCUT2D eigenvalue weighted by molar-refractivity contribution is -0.793. The minimum absolute atomic E-state index is 0.114. The molecule has 2 aromatic carbocycles. The summed E-state index contributed by atoms with van der Waals surface area (Å²) in [6, 6.07) is 20.8. The summed E-state index contributed by atoms with van der Waals surface area (Å²) in [5, 5.41) is 9.04. The maximum atomic E-state index is 13.1. The molecule has 4 N–H and O–H groups in total. The monoisotopic (exact) mass is 703 g/mol. The molecular formula is C33H59N6O5Si3+. The molecule has 1 saturated heterocycles. The second-order valence-electron chi connectivity index (χ2n) is 14.3. The fourth-order valence-electron chi connectivity index (χ4n) is 6.05. The van der Waals surface area contributed by atoms with E-state index < -0.39 is 25.2 Å². The van der Waals surface area contributed by atoms with Crippen molar-refractivity contribution in [3.05, 3.63) is 60.7 Å². The van der Waals surface area contributed by atoms with Crippen molar-refractivity contribution >= 4 is 48.6 Å². The maximum absolute atomic E-state index is 13.1. The number of hydrogen-bond acceptors (Lipinski definition) is 6. The van der Waals surface area contributed by atoms with Gasteiger partial charge in [0.2, 0.25) is 6.17 Å². The number of hydroxylamine groups is 1. The minimum Gasteiger partial charge on any atom is -0.437 e. The van der Waals surface area contributed by atoms with Crippen molar-refractivity contribution in [2.45, 2.75) is 77.3 Å². The van der Waals surface area contributed by atoms with Crippen molar-refractivity contribution in [1.82, 2.24) is 15.7 Å². The number of carbonyl (C=O) groups excluding carboxylic acids is 2. The molecule has 2 atom stereocenters. The van der Waals surface area contributed by atoms with Gasteiger partial charge in [-0.05, 0) is 95.4 Å². The number of benzene rings is 2. The van der Waals surface area contributed by atoms with Gasteiger partial charge in [0.05, 0.1) is 20.2 Å². The zero-order valence-electron chi connectivity index (χ0n) is 29.9. The number of urea groups is 2. The van der Waals surface area contributed by atoms with Gasteiger partial charge < -0.3 is 28.6 Å². The van der Waals surface area contributed by atoms with Crippen LogP contribution in [0.25, 0.3) is 0 Å². The summed E-state index contributed by atoms with van der Waals surface area (Å²) < 4.78 is 14.6. The Balaban J connectivity index is 1.41. The van der Waals surface area contributed by atoms with E-state index in [0.717, 1.165) is 53.9 Å². The zero-order chi connectivity index (χ0) is 34.6. The number of carbonyl (C=O) groups is 2. The second kappa shape index (κ2) is 17.7. The highest BCUT2D eigenvalue weighted by molar-refractivity contribution is 6.87. The molecule has 1 fully saturated rings. The number of nitrogens with one attached hydrogen (secondary N) is 4. The molecule has 47 heavy (non-hydrogen) atoms. The molecule has 0 saturated carbocycles. The number of anilines is 2. The molecule has 4 amide bonds. The summed E-state index contributed by atoms with van der Waals surface area (Å²) in [6.45, 7) is 19.7. The molecule has 1 aliphatic rings. The summed E-state index contributed by atoms with van der Waals surface area (Å²) in [4.78, 5) is 32.6. The average molecular weight is 704 g/mol. The largest absolute Gasteiger partial charge is 0.437 e. The van der Waals surface area contributed by atoms with Crippen LogP contribution in [0.4, 0.5) is 21.0 Å². The second-order valence-corrected chi connectivity index (χ2v) is 26.8. The Labute approximate surface area is 285 Å². The molecule has 2 aromatic rings. The van der Waals surface area contributed by atoms with Crippen LogP contribution in [-0.2, 0) is 13.1 Å². The van der Waals surface area contributed by atoms with Crippen molar-refractivity contribution in [3.63, 3.8) is 0 Å². The molecule has 11 nitrogen and oxygen atoms in total. The van der Waals surface area contributed by atoms with Crippen molar-refractivity contribution in [1.29, 1.82) is 0 Å². The molecule has 1 aliphatic heterocycles. The first-order valence-electron chi connectivity index (χ1n) is 16.9. The topological polar surface area (TPSA) is 113 Å². The van der Waals surface area contributed by atoms with Crippen LogP contribution in [0.3, 0.4) is 0 Å². The van der Waals surface area contributed by atoms with Crippen LogP contribution in [0.2, 0.25) is 51.4 Å². The standard InChI is InChI=1S/C33H58N6O5Si3/c1-9-42-34-22-24-38(33(41)36-30-20-14-11-15-21-30)23-16-26-45(3,4)43-47(7,8)44-46(5,6)27-17-25-39(2)28-31(39)37-32(40)35-29-18-12-10-13-19-29/h10-15,18-21,31,34H,9,16-17,22-28H2,1-8H3,(H2-,35,36,37,40,41)/p+1. The first kappa shape index (κ1) is 38.9. The lowest BCUT2D eigenvalue weighted by Crippen LogP contribution is -2.52. The Morgan fingerprint density at radius 1 is 0.830 bits per heavy atom. The van der Waals surface area contributed by atoms with Crippen molar-refractivity contribution < 1.29 is 27.1 Å². The van der Waals surface area contributed by atoms with Gasteiger partial charge in [-0.15, -0.1) is 0 Å². The third-order valence-corrected chi connectivity index (χ3v) is 19.7. The Kier molecular flexibility index (Phi) is 14.7. The Hall–Kier alpha value is -2.57. The number of para-hydroxylation sites is 2. The molecule has 0 aliphatic carbocycles. The molecule has 0 bridgehead atoms. The number of amides is 4. The summed E-state index contributed by atoms with van der Waals surface area (Å²) >= 11 is 0. The molecule has 0 spiro atoms. The van der Waals surface area contributed by atoms with Crippen molar-refractivity contribution in [3.8, 4) is 0 Å². The Morgan fingerprint density at radius 3 is 1.96 bits per heavy atom. The maximum Gasteiger partial charge on any atom is 0.323 e. The van der Waals surface area contributed by atoms with E-state index in [2.05, 4.69) is 67.8 Å². The number of hydrogen-bond donors (Lipinski definition) is 4. The molecule has 14 heteroatoms. The van der Waals surface area contributed by atoms with E-state index >= 15 is 0 Å².